The van der Waals surface area contributed by atoms with E-state index in [0.29, 0.717) is 15.3 Å². The summed E-state index contributed by atoms with van der Waals surface area (Å²) in [6.07, 6.45) is 12.3. The molecule has 0 radical (unpaired) electrons. The molecular formula is C24H38CoO4. The maximum absolute atomic E-state index is 5.94. The Hall–Kier alpha value is -1.53. The number of benzene rings is 2. The van der Waals surface area contributed by atoms with Gasteiger partial charge in [-0.1, -0.05) is 0 Å². The number of rotatable bonds is 14. The summed E-state index contributed by atoms with van der Waals surface area (Å²) in [5.41, 5.74) is 2.55. The topological polar surface area (TPSA) is 81.5 Å². The molecule has 2 aromatic carbocycles. The van der Waals surface area contributed by atoms with Crippen LogP contribution in [-0.4, -0.2) is 11.0 Å². The first-order valence-corrected chi connectivity index (χ1v) is 11.3. The smallest absolute Gasteiger partial charge is 0.412 e. The quantitative estimate of drug-likeness (QED) is 0.349. The second kappa shape index (κ2) is 17.3. The van der Waals surface area contributed by atoms with E-state index in [0.717, 1.165) is 24.3 Å². The first-order valence-electron chi connectivity index (χ1n) is 10.5. The van der Waals surface area contributed by atoms with Crippen LogP contribution >= 0.6 is 0 Å². The third-order valence-corrected chi connectivity index (χ3v) is 5.38. The van der Waals surface area contributed by atoms with Crippen molar-refractivity contribution in [2.24, 2.45) is 0 Å². The van der Waals surface area contributed by atoms with E-state index in [9.17, 15) is 0 Å². The number of hydrogen-bond acceptors (Lipinski definition) is 2. The molecule has 167 valence electrons. The average Bonchev–Trinajstić information content (AvgIpc) is 2.70. The number of aryl methyl sites for hydroxylation is 2. The second-order valence-electron chi connectivity index (χ2n) is 7.03. The minimum atomic E-state index is 0. The molecule has 2 aromatic rings. The molecule has 0 aliphatic heterocycles. The van der Waals surface area contributed by atoms with Gasteiger partial charge in [0.05, 0.1) is 0 Å². The van der Waals surface area contributed by atoms with Gasteiger partial charge in [-0.3, -0.25) is 0 Å². The minimum Gasteiger partial charge on any atom is -0.412 e. The molecule has 0 atom stereocenters. The van der Waals surface area contributed by atoms with Crippen molar-refractivity contribution in [3.05, 3.63) is 59.7 Å². The Morgan fingerprint density at radius 2 is 1.00 bits per heavy atom. The van der Waals surface area contributed by atoms with Crippen LogP contribution in [0.25, 0.3) is 0 Å². The summed E-state index contributed by atoms with van der Waals surface area (Å²) in [6.45, 7) is 4.49. The monoisotopic (exact) mass is 449 g/mol. The molecule has 0 bridgehead atoms. The molecule has 0 heterocycles. The Labute approximate surface area is 183 Å². The molecular weight excluding hydrogens is 411 g/mol. The van der Waals surface area contributed by atoms with Gasteiger partial charge in [0.15, 0.2) is 0 Å². The summed E-state index contributed by atoms with van der Waals surface area (Å²) in [5, 5.41) is 0. The van der Waals surface area contributed by atoms with Crippen LogP contribution < -0.4 is 7.70 Å². The zero-order chi connectivity index (χ0) is 19.2. The van der Waals surface area contributed by atoms with Crippen molar-refractivity contribution in [1.82, 2.24) is 0 Å². The second-order valence-corrected chi connectivity index (χ2v) is 7.63. The number of para-hydroxylation sites is 2. The van der Waals surface area contributed by atoms with E-state index >= 15 is 0 Å². The zero-order valence-electron chi connectivity index (χ0n) is 17.8. The number of hydrogen-bond donors (Lipinski definition) is 0. The molecule has 5 heteroatoms. The molecule has 0 spiro atoms. The summed E-state index contributed by atoms with van der Waals surface area (Å²) in [4.78, 5) is 0. The molecule has 0 fully saturated rings. The molecule has 0 unspecified atom stereocenters. The van der Waals surface area contributed by atoms with Crippen molar-refractivity contribution in [3.63, 3.8) is 0 Å². The molecule has 0 aromatic heterocycles. The zero-order valence-corrected chi connectivity index (χ0v) is 18.9. The largest absolute Gasteiger partial charge is 0.412 e. The van der Waals surface area contributed by atoms with E-state index in [1.165, 1.54) is 62.5 Å². The minimum absolute atomic E-state index is 0. The third kappa shape index (κ3) is 10.7. The fourth-order valence-corrected chi connectivity index (χ4v) is 3.76. The molecule has 0 amide bonds. The van der Waals surface area contributed by atoms with Crippen LogP contribution in [0, 0.1) is 0 Å². The van der Waals surface area contributed by atoms with Gasteiger partial charge in [-0.15, -0.1) is 0 Å². The van der Waals surface area contributed by atoms with Gasteiger partial charge in [0.25, 0.3) is 0 Å². The molecule has 4 nitrogen and oxygen atoms in total. The van der Waals surface area contributed by atoms with E-state index in [1.807, 2.05) is 24.3 Å². The fourth-order valence-electron chi connectivity index (χ4n) is 3.11. The van der Waals surface area contributed by atoms with Crippen LogP contribution in [0.3, 0.4) is 0 Å². The maximum Gasteiger partial charge on any atom is -0.412 e. The van der Waals surface area contributed by atoms with Crippen molar-refractivity contribution in [1.29, 1.82) is 0 Å². The van der Waals surface area contributed by atoms with Gasteiger partial charge in [-0.05, 0) is 0 Å². The predicted octanol–water partition coefficient (Wildman–Crippen LogP) is 5.65. The van der Waals surface area contributed by atoms with Crippen molar-refractivity contribution in [2.45, 2.75) is 78.1 Å². The summed E-state index contributed by atoms with van der Waals surface area (Å²) >= 11 is 0.567. The van der Waals surface area contributed by atoms with Crippen LogP contribution in [0.1, 0.15) is 76.3 Å². The summed E-state index contributed by atoms with van der Waals surface area (Å²) in [6, 6.07) is 16.7. The van der Waals surface area contributed by atoms with Gasteiger partial charge in [-0.2, -0.15) is 0 Å². The van der Waals surface area contributed by atoms with Gasteiger partial charge < -0.3 is 11.0 Å². The van der Waals surface area contributed by atoms with Crippen molar-refractivity contribution in [2.75, 3.05) is 0 Å². The predicted molar refractivity (Wildman–Crippen MR) is 117 cm³/mol. The van der Waals surface area contributed by atoms with Crippen molar-refractivity contribution in [3.8, 4) is 11.5 Å². The van der Waals surface area contributed by atoms with Gasteiger partial charge in [0.1, 0.15) is 0 Å². The van der Waals surface area contributed by atoms with Crippen LogP contribution in [0.15, 0.2) is 48.5 Å². The van der Waals surface area contributed by atoms with E-state index in [4.69, 9.17) is 7.70 Å². The standard InChI is InChI=1S/2C12H18O.Co.2H2O/c2*1-2-3-4-5-8-11-9-6-7-10-12(11)13;;;/h2*6-7,9-10,13H,2-5,8H2,1H3;;2*1H2/q;;+2;;/p-2. The Balaban J connectivity index is 0.00000392. The molecule has 0 aliphatic rings. The maximum atomic E-state index is 5.94. The van der Waals surface area contributed by atoms with E-state index in [-0.39, 0.29) is 11.0 Å². The van der Waals surface area contributed by atoms with Crippen LogP contribution in [0.5, 0.6) is 11.5 Å². The Morgan fingerprint density at radius 3 is 1.41 bits per heavy atom. The van der Waals surface area contributed by atoms with E-state index in [2.05, 4.69) is 38.1 Å². The Bertz CT molecular complexity index is 593. The molecule has 2 rings (SSSR count). The summed E-state index contributed by atoms with van der Waals surface area (Å²) in [5.74, 6) is 1.88. The first-order chi connectivity index (χ1) is 13.3. The van der Waals surface area contributed by atoms with Crippen molar-refractivity contribution < 1.29 is 34.0 Å². The normalized spacial score (nSPS) is 10.1. The molecule has 0 saturated heterocycles. The summed E-state index contributed by atoms with van der Waals surface area (Å²) in [7, 11) is 0. The van der Waals surface area contributed by atoms with Gasteiger partial charge in [0.2, 0.25) is 0 Å². The van der Waals surface area contributed by atoms with Crippen LogP contribution in [0.4, 0.5) is 0 Å². The Kier molecular flexibility index (Phi) is 16.4. The molecule has 0 saturated carbocycles. The molecule has 29 heavy (non-hydrogen) atoms. The van der Waals surface area contributed by atoms with Gasteiger partial charge in [-0.25, -0.2) is 0 Å². The fraction of sp³-hybridized carbons (Fsp3) is 0.500. The molecule has 4 N–H and O–H groups in total. The van der Waals surface area contributed by atoms with Crippen molar-refractivity contribution >= 4 is 0 Å². The number of unbranched alkanes of at least 4 members (excludes halogenated alkanes) is 6. The van der Waals surface area contributed by atoms with Crippen LogP contribution in [0.2, 0.25) is 0 Å². The SMILES string of the molecule is CCCCCCc1ccccc1[O][Co][O]c1ccccc1CCCCCC.O.O. The third-order valence-electron chi connectivity index (χ3n) is 4.75. The van der Waals surface area contributed by atoms with E-state index < -0.39 is 0 Å². The molecule has 0 aliphatic carbocycles. The first kappa shape index (κ1) is 27.5. The van der Waals surface area contributed by atoms with Gasteiger partial charge >= 0.3 is 172 Å². The van der Waals surface area contributed by atoms with E-state index in [1.54, 1.807) is 0 Å². The van der Waals surface area contributed by atoms with Crippen LogP contribution in [-0.2, 0) is 28.2 Å². The Morgan fingerprint density at radius 1 is 0.586 bits per heavy atom. The average molecular weight is 449 g/mol. The summed E-state index contributed by atoms with van der Waals surface area (Å²) < 4.78 is 11.9. The van der Waals surface area contributed by atoms with Gasteiger partial charge in [0, 0.05) is 0 Å².